The number of aromatic hydroxyl groups is 1. The van der Waals surface area contributed by atoms with Crippen molar-refractivity contribution in [3.8, 4) is 22.6 Å². The number of nitrogens with one attached hydrogen (secondary N) is 2. The number of phenolic OH excluding ortho intramolecular Hbond substituents is 1. The maximum absolute atomic E-state index is 14.8. The third-order valence-electron chi connectivity index (χ3n) is 7.20. The summed E-state index contributed by atoms with van der Waals surface area (Å²) in [6.45, 7) is 0.192. The van der Waals surface area contributed by atoms with Gasteiger partial charge < -0.3 is 20.3 Å². The highest BCUT2D eigenvalue weighted by Gasteiger charge is 2.18. The SMILES string of the molecule is O=C(Nc1ccc(OCCCc2cccc(NS(=O)(=O)Cc3ccccc3C(=O)O)c2)c(F)c1)c1ccc(-c2ccc(O)cc2)cc1. The second kappa shape index (κ2) is 14.6. The molecule has 47 heavy (non-hydrogen) atoms. The van der Waals surface area contributed by atoms with Gasteiger partial charge in [-0.15, -0.1) is 0 Å². The van der Waals surface area contributed by atoms with Crippen LogP contribution < -0.4 is 14.8 Å². The summed E-state index contributed by atoms with van der Waals surface area (Å²) in [5.74, 6) is -2.52. The van der Waals surface area contributed by atoms with Gasteiger partial charge >= 0.3 is 5.97 Å². The standard InChI is InChI=1S/C36H31FN2O7S/c37-33-22-29(38-35(41)27-12-10-25(11-13-27)26-14-17-31(40)18-15-26)16-19-34(33)46-20-4-6-24-5-3-8-30(21-24)39-47(44,45)23-28-7-1-2-9-32(28)36(42)43/h1-3,5,7-19,21-22,39-40H,4,6,20,23H2,(H,38,41)(H,42,43). The molecule has 5 rings (SSSR count). The zero-order valence-electron chi connectivity index (χ0n) is 25.0. The van der Waals surface area contributed by atoms with Gasteiger partial charge in [-0.1, -0.05) is 54.6 Å². The van der Waals surface area contributed by atoms with E-state index in [4.69, 9.17) is 4.74 Å². The summed E-state index contributed by atoms with van der Waals surface area (Å²) in [4.78, 5) is 24.1. The van der Waals surface area contributed by atoms with E-state index in [2.05, 4.69) is 10.0 Å². The summed E-state index contributed by atoms with van der Waals surface area (Å²) in [6, 6.07) is 30.6. The maximum Gasteiger partial charge on any atom is 0.335 e. The molecule has 0 heterocycles. The Labute approximate surface area is 271 Å². The normalized spacial score (nSPS) is 11.1. The molecule has 0 bridgehead atoms. The molecule has 0 aliphatic rings. The fraction of sp³-hybridized carbons (Fsp3) is 0.111. The molecule has 0 spiro atoms. The first-order chi connectivity index (χ1) is 22.6. The molecule has 0 unspecified atom stereocenters. The summed E-state index contributed by atoms with van der Waals surface area (Å²) in [5.41, 5.74) is 3.71. The minimum atomic E-state index is -3.88. The van der Waals surface area contributed by atoms with Gasteiger partial charge in [0.25, 0.3) is 5.91 Å². The van der Waals surface area contributed by atoms with Crippen LogP contribution in [0.4, 0.5) is 15.8 Å². The van der Waals surface area contributed by atoms with Crippen LogP contribution in [0.5, 0.6) is 11.5 Å². The van der Waals surface area contributed by atoms with E-state index >= 15 is 0 Å². The molecule has 240 valence electrons. The molecule has 9 nitrogen and oxygen atoms in total. The minimum absolute atomic E-state index is 0.0319. The minimum Gasteiger partial charge on any atom is -0.508 e. The molecular formula is C36H31FN2O7S. The van der Waals surface area contributed by atoms with Gasteiger partial charge in [-0.2, -0.15) is 0 Å². The molecular weight excluding hydrogens is 623 g/mol. The Kier molecular flexibility index (Phi) is 10.2. The first kappa shape index (κ1) is 32.7. The Hall–Kier alpha value is -5.68. The van der Waals surface area contributed by atoms with Gasteiger partial charge in [0.1, 0.15) is 5.75 Å². The smallest absolute Gasteiger partial charge is 0.335 e. The zero-order valence-corrected chi connectivity index (χ0v) is 25.8. The summed E-state index contributed by atoms with van der Waals surface area (Å²) in [5, 5.41) is 21.5. The van der Waals surface area contributed by atoms with Gasteiger partial charge in [0.15, 0.2) is 11.6 Å². The van der Waals surface area contributed by atoms with Crippen molar-refractivity contribution in [2.24, 2.45) is 0 Å². The Balaban J connectivity index is 1.10. The van der Waals surface area contributed by atoms with Gasteiger partial charge in [-0.25, -0.2) is 17.6 Å². The molecule has 0 saturated heterocycles. The zero-order chi connectivity index (χ0) is 33.4. The molecule has 5 aromatic rings. The number of phenols is 1. The number of rotatable bonds is 13. The maximum atomic E-state index is 14.8. The second-order valence-corrected chi connectivity index (χ2v) is 12.4. The highest BCUT2D eigenvalue weighted by molar-refractivity contribution is 7.91. The van der Waals surface area contributed by atoms with Gasteiger partial charge in [0.05, 0.1) is 17.9 Å². The van der Waals surface area contributed by atoms with Crippen molar-refractivity contribution in [1.29, 1.82) is 0 Å². The van der Waals surface area contributed by atoms with E-state index in [1.54, 1.807) is 78.9 Å². The van der Waals surface area contributed by atoms with Crippen molar-refractivity contribution < 1.29 is 37.3 Å². The molecule has 1 amide bonds. The van der Waals surface area contributed by atoms with Crippen molar-refractivity contribution in [3.05, 3.63) is 143 Å². The number of carbonyl (C=O) groups excluding carboxylic acids is 1. The molecule has 0 fully saturated rings. The number of amides is 1. The van der Waals surface area contributed by atoms with Crippen LogP contribution in [0.3, 0.4) is 0 Å². The summed E-state index contributed by atoms with van der Waals surface area (Å²) in [6.07, 6.45) is 1.04. The lowest BCUT2D eigenvalue weighted by atomic mass is 10.0. The van der Waals surface area contributed by atoms with E-state index in [0.29, 0.717) is 24.1 Å². The predicted octanol–water partition coefficient (Wildman–Crippen LogP) is 7.10. The quantitative estimate of drug-likeness (QED) is 0.0992. The number of carboxylic acid groups (broad SMARTS) is 1. The highest BCUT2D eigenvalue weighted by atomic mass is 32.2. The summed E-state index contributed by atoms with van der Waals surface area (Å²) in [7, 11) is -3.88. The first-order valence-corrected chi connectivity index (χ1v) is 16.3. The average molecular weight is 655 g/mol. The van der Waals surface area contributed by atoms with Gasteiger partial charge in [0.2, 0.25) is 10.0 Å². The van der Waals surface area contributed by atoms with Crippen molar-refractivity contribution in [3.63, 3.8) is 0 Å². The number of sulfonamides is 1. The van der Waals surface area contributed by atoms with E-state index in [0.717, 1.165) is 16.7 Å². The third kappa shape index (κ3) is 8.95. The molecule has 0 aliphatic heterocycles. The van der Waals surface area contributed by atoms with E-state index in [1.165, 1.54) is 30.3 Å². The van der Waals surface area contributed by atoms with E-state index in [-0.39, 0.29) is 34.9 Å². The Morgan fingerprint density at radius 2 is 1.49 bits per heavy atom. The number of aromatic carboxylic acids is 1. The average Bonchev–Trinajstić information content (AvgIpc) is 3.04. The van der Waals surface area contributed by atoms with Crippen LogP contribution in [0, 0.1) is 5.82 Å². The Bertz CT molecular complexity index is 2000. The largest absolute Gasteiger partial charge is 0.508 e. The van der Waals surface area contributed by atoms with E-state index < -0.39 is 33.5 Å². The van der Waals surface area contributed by atoms with Crippen LogP contribution in [-0.4, -0.2) is 37.1 Å². The number of carbonyl (C=O) groups is 2. The number of hydrogen-bond donors (Lipinski definition) is 4. The monoisotopic (exact) mass is 654 g/mol. The molecule has 0 saturated carbocycles. The van der Waals surface area contributed by atoms with Crippen molar-refractivity contribution in [2.45, 2.75) is 18.6 Å². The van der Waals surface area contributed by atoms with Gasteiger partial charge in [-0.3, -0.25) is 9.52 Å². The van der Waals surface area contributed by atoms with Crippen LogP contribution in [0.25, 0.3) is 11.1 Å². The Morgan fingerprint density at radius 1 is 0.787 bits per heavy atom. The molecule has 0 atom stereocenters. The predicted molar refractivity (Wildman–Crippen MR) is 178 cm³/mol. The van der Waals surface area contributed by atoms with Crippen LogP contribution in [-0.2, 0) is 22.2 Å². The number of anilines is 2. The topological polar surface area (TPSA) is 142 Å². The van der Waals surface area contributed by atoms with E-state index in [1.807, 2.05) is 6.07 Å². The number of halogens is 1. The van der Waals surface area contributed by atoms with Crippen molar-refractivity contribution >= 4 is 33.3 Å². The fourth-order valence-corrected chi connectivity index (χ4v) is 6.11. The lowest BCUT2D eigenvalue weighted by Crippen LogP contribution is -2.17. The molecule has 11 heteroatoms. The second-order valence-electron chi connectivity index (χ2n) is 10.7. The molecule has 4 N–H and O–H groups in total. The Morgan fingerprint density at radius 3 is 2.19 bits per heavy atom. The highest BCUT2D eigenvalue weighted by Crippen LogP contribution is 2.25. The lowest BCUT2D eigenvalue weighted by Gasteiger charge is -2.12. The molecule has 0 aliphatic carbocycles. The molecule has 0 aromatic heterocycles. The lowest BCUT2D eigenvalue weighted by molar-refractivity contribution is 0.0695. The number of ether oxygens (including phenoxy) is 1. The molecule has 5 aromatic carbocycles. The van der Waals surface area contributed by atoms with Crippen LogP contribution in [0.1, 0.15) is 38.3 Å². The van der Waals surface area contributed by atoms with Gasteiger partial charge in [-0.05, 0) is 89.7 Å². The van der Waals surface area contributed by atoms with Crippen LogP contribution >= 0.6 is 0 Å². The van der Waals surface area contributed by atoms with Crippen molar-refractivity contribution in [2.75, 3.05) is 16.6 Å². The van der Waals surface area contributed by atoms with E-state index in [9.17, 15) is 32.6 Å². The number of benzene rings is 5. The number of carboxylic acids is 1. The van der Waals surface area contributed by atoms with Crippen molar-refractivity contribution in [1.82, 2.24) is 0 Å². The first-order valence-electron chi connectivity index (χ1n) is 14.6. The van der Waals surface area contributed by atoms with Gasteiger partial charge in [0, 0.05) is 23.0 Å². The van der Waals surface area contributed by atoms with Crippen LogP contribution in [0.15, 0.2) is 115 Å². The third-order valence-corrected chi connectivity index (χ3v) is 8.44. The number of hydrogen-bond acceptors (Lipinski definition) is 6. The summed E-state index contributed by atoms with van der Waals surface area (Å²) < 4.78 is 48.4. The summed E-state index contributed by atoms with van der Waals surface area (Å²) >= 11 is 0. The van der Waals surface area contributed by atoms with Crippen LogP contribution in [0.2, 0.25) is 0 Å². The number of aryl methyl sites for hydroxylation is 1. The fourth-order valence-electron chi connectivity index (χ4n) is 4.89. The molecule has 0 radical (unpaired) electrons.